The normalized spacial score (nSPS) is 19.1. The number of hydrogen-bond donors (Lipinski definition) is 0. The van der Waals surface area contributed by atoms with Gasteiger partial charge >= 0.3 is 0 Å². The first-order valence-electron chi connectivity index (χ1n) is 9.57. The van der Waals surface area contributed by atoms with Crippen LogP contribution in [0.15, 0.2) is 42.5 Å². The van der Waals surface area contributed by atoms with Crippen molar-refractivity contribution in [3.05, 3.63) is 52.5 Å². The van der Waals surface area contributed by atoms with Crippen LogP contribution in [0.5, 0.6) is 17.2 Å². The third-order valence-electron chi connectivity index (χ3n) is 5.03. The lowest BCUT2D eigenvalue weighted by molar-refractivity contribution is -0.143. The van der Waals surface area contributed by atoms with Gasteiger partial charge in [0.15, 0.2) is 11.5 Å². The maximum absolute atomic E-state index is 12.8. The predicted octanol–water partition coefficient (Wildman–Crippen LogP) is 3.36. The van der Waals surface area contributed by atoms with Gasteiger partial charge in [0.25, 0.3) is 5.91 Å². The molecule has 2 aromatic rings. The van der Waals surface area contributed by atoms with Crippen molar-refractivity contribution in [2.45, 2.75) is 6.10 Å². The van der Waals surface area contributed by atoms with Crippen molar-refractivity contribution in [1.29, 1.82) is 0 Å². The van der Waals surface area contributed by atoms with Crippen LogP contribution in [-0.2, 0) is 4.79 Å². The number of hydrogen-bond acceptors (Lipinski definition) is 5. The third kappa shape index (κ3) is 4.89. The summed E-state index contributed by atoms with van der Waals surface area (Å²) in [4.78, 5) is 16.9. The summed E-state index contributed by atoms with van der Waals surface area (Å²) in [5.74, 6) is 1.90. The number of amides is 1. The Morgan fingerprint density at radius 2 is 1.83 bits per heavy atom. The maximum Gasteiger partial charge on any atom is 0.267 e. The highest BCUT2D eigenvalue weighted by Gasteiger charge is 2.32. The fourth-order valence-electron chi connectivity index (χ4n) is 3.41. The molecule has 2 aliphatic rings. The minimum atomic E-state index is -0.591. The van der Waals surface area contributed by atoms with Gasteiger partial charge in [-0.3, -0.25) is 9.69 Å². The number of fused-ring (bicyclic) bond motifs is 1. The average molecular weight is 437 g/mol. The molecule has 0 N–H and O–H groups in total. The molecule has 1 atom stereocenters. The minimum absolute atomic E-state index is 0.0247. The summed E-state index contributed by atoms with van der Waals surface area (Å²) in [6.45, 7) is 4.40. The van der Waals surface area contributed by atoms with Gasteiger partial charge in [-0.15, -0.1) is 0 Å². The van der Waals surface area contributed by atoms with Crippen LogP contribution in [0.4, 0.5) is 0 Å². The third-order valence-corrected chi connectivity index (χ3v) is 5.56. The summed E-state index contributed by atoms with van der Waals surface area (Å²) in [6.07, 6.45) is -0.591. The first kappa shape index (κ1) is 20.1. The number of halogens is 2. The summed E-state index contributed by atoms with van der Waals surface area (Å²) in [5.41, 5.74) is 0. The first-order valence-corrected chi connectivity index (χ1v) is 10.3. The van der Waals surface area contributed by atoms with Crippen molar-refractivity contribution in [2.75, 3.05) is 45.9 Å². The molecule has 29 heavy (non-hydrogen) atoms. The van der Waals surface area contributed by atoms with Gasteiger partial charge in [-0.1, -0.05) is 35.3 Å². The van der Waals surface area contributed by atoms with Crippen LogP contribution in [0.1, 0.15) is 0 Å². The van der Waals surface area contributed by atoms with Gasteiger partial charge in [0.2, 0.25) is 6.10 Å². The highest BCUT2D eigenvalue weighted by molar-refractivity contribution is 6.35. The minimum Gasteiger partial charge on any atom is -0.491 e. The number of carbonyl (C=O) groups excluding carboxylic acids is 1. The zero-order valence-electron chi connectivity index (χ0n) is 15.9. The Kier molecular flexibility index (Phi) is 6.33. The topological polar surface area (TPSA) is 51.2 Å². The van der Waals surface area contributed by atoms with Crippen molar-refractivity contribution in [1.82, 2.24) is 9.80 Å². The lowest BCUT2D eigenvalue weighted by Crippen LogP contribution is -2.54. The van der Waals surface area contributed by atoms with Gasteiger partial charge < -0.3 is 19.1 Å². The summed E-state index contributed by atoms with van der Waals surface area (Å²) >= 11 is 12.0. The Morgan fingerprint density at radius 1 is 1.07 bits per heavy atom. The van der Waals surface area contributed by atoms with E-state index < -0.39 is 6.10 Å². The number of benzene rings is 2. The molecule has 1 amide bonds. The predicted molar refractivity (Wildman–Crippen MR) is 111 cm³/mol. The fourth-order valence-corrected chi connectivity index (χ4v) is 3.88. The molecule has 0 aromatic heterocycles. The second-order valence-electron chi connectivity index (χ2n) is 6.95. The van der Waals surface area contributed by atoms with Crippen molar-refractivity contribution < 1.29 is 19.0 Å². The largest absolute Gasteiger partial charge is 0.491 e. The van der Waals surface area contributed by atoms with E-state index in [9.17, 15) is 4.79 Å². The molecule has 1 fully saturated rings. The average Bonchev–Trinajstić information content (AvgIpc) is 2.75. The molecule has 2 aliphatic heterocycles. The van der Waals surface area contributed by atoms with E-state index in [1.54, 1.807) is 18.2 Å². The Morgan fingerprint density at radius 3 is 2.59 bits per heavy atom. The van der Waals surface area contributed by atoms with E-state index >= 15 is 0 Å². The zero-order chi connectivity index (χ0) is 20.2. The van der Waals surface area contributed by atoms with E-state index in [1.165, 1.54) is 0 Å². The molecule has 0 spiro atoms. The van der Waals surface area contributed by atoms with Gasteiger partial charge in [0, 0.05) is 37.7 Å². The standard InChI is InChI=1S/C21H22Cl2N2O4/c22-15-5-6-17(16(23)13-15)27-12-11-24-7-9-25(10-8-24)21(26)20-14-28-18-3-1-2-4-19(18)29-20/h1-6,13,20H,7-12,14H2. The second kappa shape index (κ2) is 9.11. The molecule has 4 rings (SSSR count). The lowest BCUT2D eigenvalue weighted by atomic mass is 10.2. The second-order valence-corrected chi connectivity index (χ2v) is 7.80. The summed E-state index contributed by atoms with van der Waals surface area (Å²) < 4.78 is 17.2. The van der Waals surface area contributed by atoms with Gasteiger partial charge in [0.1, 0.15) is 19.0 Å². The number of piperazine rings is 1. The molecule has 0 bridgehead atoms. The van der Waals surface area contributed by atoms with Gasteiger partial charge in [-0.25, -0.2) is 0 Å². The van der Waals surface area contributed by atoms with Crippen LogP contribution in [0.3, 0.4) is 0 Å². The highest BCUT2D eigenvalue weighted by atomic mass is 35.5. The molecule has 1 saturated heterocycles. The van der Waals surface area contributed by atoms with Crippen LogP contribution >= 0.6 is 23.2 Å². The van der Waals surface area contributed by atoms with Crippen LogP contribution in [0, 0.1) is 0 Å². The van der Waals surface area contributed by atoms with E-state index in [0.717, 1.165) is 19.6 Å². The number of carbonyl (C=O) groups is 1. The van der Waals surface area contributed by atoms with E-state index in [4.69, 9.17) is 37.4 Å². The molecule has 154 valence electrons. The fraction of sp³-hybridized carbons (Fsp3) is 0.381. The number of rotatable bonds is 5. The van der Waals surface area contributed by atoms with Crippen LogP contribution in [0.25, 0.3) is 0 Å². The van der Waals surface area contributed by atoms with E-state index in [-0.39, 0.29) is 12.5 Å². The Balaban J connectivity index is 1.22. The number of nitrogens with zero attached hydrogens (tertiary/aromatic N) is 2. The molecular weight excluding hydrogens is 415 g/mol. The molecule has 1 unspecified atom stereocenters. The summed E-state index contributed by atoms with van der Waals surface area (Å²) in [7, 11) is 0. The Hall–Kier alpha value is -2.15. The van der Waals surface area contributed by atoms with Crippen molar-refractivity contribution in [3.8, 4) is 17.2 Å². The molecule has 0 saturated carbocycles. The van der Waals surface area contributed by atoms with Crippen molar-refractivity contribution >= 4 is 29.1 Å². The van der Waals surface area contributed by atoms with Crippen molar-refractivity contribution in [2.24, 2.45) is 0 Å². The molecule has 0 aliphatic carbocycles. The highest BCUT2D eigenvalue weighted by Crippen LogP contribution is 2.31. The van der Waals surface area contributed by atoms with E-state index in [0.29, 0.717) is 47.0 Å². The molecular formula is C21H22Cl2N2O4. The summed E-state index contributed by atoms with van der Waals surface area (Å²) in [5, 5.41) is 1.09. The lowest BCUT2D eigenvalue weighted by Gasteiger charge is -2.37. The quantitative estimate of drug-likeness (QED) is 0.718. The Bertz CT molecular complexity index is 872. The molecule has 0 radical (unpaired) electrons. The number of ether oxygens (including phenoxy) is 3. The number of para-hydroxylation sites is 2. The van der Waals surface area contributed by atoms with E-state index in [2.05, 4.69) is 4.90 Å². The molecule has 6 nitrogen and oxygen atoms in total. The monoisotopic (exact) mass is 436 g/mol. The van der Waals surface area contributed by atoms with Gasteiger partial charge in [0.05, 0.1) is 5.02 Å². The first-order chi connectivity index (χ1) is 14.1. The molecule has 8 heteroatoms. The van der Waals surface area contributed by atoms with Crippen LogP contribution < -0.4 is 14.2 Å². The Labute approximate surface area is 179 Å². The molecule has 2 aromatic carbocycles. The summed E-state index contributed by atoms with van der Waals surface area (Å²) in [6, 6.07) is 12.6. The van der Waals surface area contributed by atoms with Crippen LogP contribution in [0.2, 0.25) is 10.0 Å². The van der Waals surface area contributed by atoms with Crippen LogP contribution in [-0.4, -0.2) is 67.7 Å². The zero-order valence-corrected chi connectivity index (χ0v) is 17.4. The van der Waals surface area contributed by atoms with Gasteiger partial charge in [-0.2, -0.15) is 0 Å². The molecule has 2 heterocycles. The SMILES string of the molecule is O=C(C1COc2ccccc2O1)N1CCN(CCOc2ccc(Cl)cc2Cl)CC1. The van der Waals surface area contributed by atoms with Gasteiger partial charge in [-0.05, 0) is 30.3 Å². The van der Waals surface area contributed by atoms with Crippen molar-refractivity contribution in [3.63, 3.8) is 0 Å². The maximum atomic E-state index is 12.8. The van der Waals surface area contributed by atoms with E-state index in [1.807, 2.05) is 29.2 Å². The smallest absolute Gasteiger partial charge is 0.267 e.